The number of hydrogen-bond donors (Lipinski definition) is 1. The highest BCUT2D eigenvalue weighted by Crippen LogP contribution is 2.27. The lowest BCUT2D eigenvalue weighted by molar-refractivity contribution is -0.113. The molecule has 6 heteroatoms. The first-order valence-corrected chi connectivity index (χ1v) is 9.69. The lowest BCUT2D eigenvalue weighted by Crippen LogP contribution is -2.15. The van der Waals surface area contributed by atoms with E-state index in [0.29, 0.717) is 5.75 Å². The second-order valence-corrected chi connectivity index (χ2v) is 7.76. The van der Waals surface area contributed by atoms with Crippen LogP contribution in [0.15, 0.2) is 46.8 Å². The van der Waals surface area contributed by atoms with Crippen molar-refractivity contribution < 1.29 is 4.79 Å². The number of rotatable bonds is 5. The Morgan fingerprint density at radius 2 is 1.84 bits per heavy atom. The molecule has 1 heterocycles. The smallest absolute Gasteiger partial charge is 0.234 e. The maximum atomic E-state index is 12.2. The topological polar surface area (TPSA) is 54.9 Å². The number of amides is 1. The third-order valence-corrected chi connectivity index (χ3v) is 5.83. The molecule has 1 aromatic heterocycles. The molecule has 128 valence electrons. The van der Waals surface area contributed by atoms with Crippen LogP contribution in [0.3, 0.4) is 0 Å². The van der Waals surface area contributed by atoms with Crippen molar-refractivity contribution in [2.24, 2.45) is 0 Å². The van der Waals surface area contributed by atoms with Crippen molar-refractivity contribution in [3.63, 3.8) is 0 Å². The third-order valence-electron chi connectivity index (χ3n) is 4.00. The van der Waals surface area contributed by atoms with Gasteiger partial charge in [-0.25, -0.2) is 4.98 Å². The molecule has 1 N–H and O–H groups in total. The maximum Gasteiger partial charge on any atom is 0.234 e. The van der Waals surface area contributed by atoms with Gasteiger partial charge in [-0.2, -0.15) is 4.37 Å². The molecule has 0 aliphatic carbocycles. The zero-order chi connectivity index (χ0) is 17.8. The van der Waals surface area contributed by atoms with Crippen molar-refractivity contribution in [3.8, 4) is 11.4 Å². The van der Waals surface area contributed by atoms with E-state index in [1.807, 2.05) is 63.2 Å². The number of hydrogen-bond acceptors (Lipinski definition) is 5. The molecule has 3 aromatic rings. The summed E-state index contributed by atoms with van der Waals surface area (Å²) in [6.45, 7) is 6.09. The van der Waals surface area contributed by atoms with Crippen LogP contribution < -0.4 is 5.32 Å². The molecule has 0 spiro atoms. The molecular formula is C19H19N3OS2. The molecule has 0 saturated heterocycles. The number of carbonyl (C=O) groups is 1. The summed E-state index contributed by atoms with van der Waals surface area (Å²) in [6.07, 6.45) is 0. The molecule has 0 bridgehead atoms. The van der Waals surface area contributed by atoms with E-state index in [2.05, 4.69) is 14.7 Å². The van der Waals surface area contributed by atoms with E-state index in [4.69, 9.17) is 0 Å². The number of aromatic nitrogens is 2. The number of benzene rings is 2. The van der Waals surface area contributed by atoms with Crippen molar-refractivity contribution in [2.45, 2.75) is 25.1 Å². The number of thioether (sulfide) groups is 1. The average molecular weight is 370 g/mol. The molecule has 4 nitrogen and oxygen atoms in total. The summed E-state index contributed by atoms with van der Waals surface area (Å²) in [6, 6.07) is 13.9. The first-order valence-electron chi connectivity index (χ1n) is 7.93. The molecule has 0 aliphatic rings. The zero-order valence-corrected chi connectivity index (χ0v) is 16.0. The van der Waals surface area contributed by atoms with Gasteiger partial charge in [0.1, 0.15) is 0 Å². The highest BCUT2D eigenvalue weighted by Gasteiger charge is 2.11. The van der Waals surface area contributed by atoms with E-state index < -0.39 is 0 Å². The standard InChI is InChI=1S/C19H19N3OS2/c1-12-8-6-10-16(14(12)3)20-17(23)11-24-19-21-18(22-25-19)15-9-5-4-7-13(15)2/h4-10H,11H2,1-3H3,(H,20,23). The minimum absolute atomic E-state index is 0.0358. The maximum absolute atomic E-state index is 12.2. The Morgan fingerprint density at radius 1 is 1.08 bits per heavy atom. The largest absolute Gasteiger partial charge is 0.325 e. The van der Waals surface area contributed by atoms with Crippen LogP contribution in [0.2, 0.25) is 0 Å². The molecule has 0 atom stereocenters. The van der Waals surface area contributed by atoms with Crippen LogP contribution >= 0.6 is 23.3 Å². The van der Waals surface area contributed by atoms with Gasteiger partial charge in [-0.1, -0.05) is 48.2 Å². The van der Waals surface area contributed by atoms with E-state index in [-0.39, 0.29) is 5.91 Å². The molecule has 25 heavy (non-hydrogen) atoms. The Morgan fingerprint density at radius 3 is 2.64 bits per heavy atom. The van der Waals surface area contributed by atoms with E-state index in [0.717, 1.165) is 38.1 Å². The summed E-state index contributed by atoms with van der Waals surface area (Å²) < 4.78 is 5.21. The van der Waals surface area contributed by atoms with Gasteiger partial charge in [-0.3, -0.25) is 4.79 Å². The molecule has 2 aromatic carbocycles. The Balaban J connectivity index is 1.62. The minimum atomic E-state index is -0.0358. The molecule has 0 fully saturated rings. The second kappa shape index (κ2) is 7.80. The molecule has 0 radical (unpaired) electrons. The van der Waals surface area contributed by atoms with Gasteiger partial charge in [0, 0.05) is 11.3 Å². The van der Waals surface area contributed by atoms with Crippen molar-refractivity contribution in [3.05, 3.63) is 59.2 Å². The number of carbonyl (C=O) groups excluding carboxylic acids is 1. The normalized spacial score (nSPS) is 10.7. The summed E-state index contributed by atoms with van der Waals surface area (Å²) >= 11 is 2.74. The number of nitrogens with zero attached hydrogens (tertiary/aromatic N) is 2. The van der Waals surface area contributed by atoms with E-state index >= 15 is 0 Å². The molecule has 0 aliphatic heterocycles. The summed E-state index contributed by atoms with van der Waals surface area (Å²) in [7, 11) is 0. The zero-order valence-electron chi connectivity index (χ0n) is 14.4. The Hall–Kier alpha value is -2.18. The van der Waals surface area contributed by atoms with Crippen LogP contribution in [-0.2, 0) is 4.79 Å². The fourth-order valence-electron chi connectivity index (χ4n) is 2.40. The summed E-state index contributed by atoms with van der Waals surface area (Å²) in [5, 5.41) is 2.97. The van der Waals surface area contributed by atoms with Crippen molar-refractivity contribution in [2.75, 3.05) is 11.1 Å². The van der Waals surface area contributed by atoms with Crippen LogP contribution in [0.1, 0.15) is 16.7 Å². The Bertz CT molecular complexity index is 905. The highest BCUT2D eigenvalue weighted by molar-refractivity contribution is 8.01. The first-order chi connectivity index (χ1) is 12.0. The van der Waals surface area contributed by atoms with Gasteiger partial charge in [0.05, 0.1) is 5.75 Å². The van der Waals surface area contributed by atoms with Crippen LogP contribution in [0, 0.1) is 20.8 Å². The van der Waals surface area contributed by atoms with Crippen molar-refractivity contribution in [1.29, 1.82) is 0 Å². The minimum Gasteiger partial charge on any atom is -0.325 e. The molecule has 1 amide bonds. The molecular weight excluding hydrogens is 350 g/mol. The Kier molecular flexibility index (Phi) is 5.50. The summed E-state index contributed by atoms with van der Waals surface area (Å²) in [4.78, 5) is 16.7. The SMILES string of the molecule is Cc1ccccc1-c1nsc(SCC(=O)Nc2cccc(C)c2C)n1. The van der Waals surface area contributed by atoms with E-state index in [1.54, 1.807) is 0 Å². The number of anilines is 1. The van der Waals surface area contributed by atoms with Gasteiger partial charge in [-0.05, 0) is 55.1 Å². The predicted molar refractivity (Wildman–Crippen MR) is 105 cm³/mol. The van der Waals surface area contributed by atoms with Crippen LogP contribution in [-0.4, -0.2) is 21.0 Å². The monoisotopic (exact) mass is 369 g/mol. The van der Waals surface area contributed by atoms with E-state index in [1.165, 1.54) is 23.3 Å². The van der Waals surface area contributed by atoms with Gasteiger partial charge in [0.15, 0.2) is 10.2 Å². The van der Waals surface area contributed by atoms with Gasteiger partial charge in [0.25, 0.3) is 0 Å². The van der Waals surface area contributed by atoms with Gasteiger partial charge in [0.2, 0.25) is 5.91 Å². The van der Waals surface area contributed by atoms with Gasteiger partial charge >= 0.3 is 0 Å². The number of aryl methyl sites for hydroxylation is 2. The fourth-order valence-corrected chi connectivity index (χ4v) is 3.81. The molecule has 0 unspecified atom stereocenters. The number of nitrogens with one attached hydrogen (secondary N) is 1. The quantitative estimate of drug-likeness (QED) is 0.653. The van der Waals surface area contributed by atoms with Gasteiger partial charge < -0.3 is 5.32 Å². The lowest BCUT2D eigenvalue weighted by atomic mass is 10.1. The second-order valence-electron chi connectivity index (χ2n) is 5.78. The van der Waals surface area contributed by atoms with Crippen molar-refractivity contribution >= 4 is 34.9 Å². The fraction of sp³-hybridized carbons (Fsp3) is 0.211. The van der Waals surface area contributed by atoms with Gasteiger partial charge in [-0.15, -0.1) is 0 Å². The predicted octanol–water partition coefficient (Wildman–Crippen LogP) is 4.86. The third kappa shape index (κ3) is 4.27. The van der Waals surface area contributed by atoms with Crippen molar-refractivity contribution in [1.82, 2.24) is 9.36 Å². The lowest BCUT2D eigenvalue weighted by Gasteiger charge is -2.09. The highest BCUT2D eigenvalue weighted by atomic mass is 32.2. The van der Waals surface area contributed by atoms with Crippen LogP contribution in [0.5, 0.6) is 0 Å². The average Bonchev–Trinajstić information content (AvgIpc) is 3.06. The molecule has 3 rings (SSSR count). The molecule has 0 saturated carbocycles. The van der Waals surface area contributed by atoms with Crippen LogP contribution in [0.25, 0.3) is 11.4 Å². The summed E-state index contributed by atoms with van der Waals surface area (Å²) in [5.74, 6) is 1.00. The summed E-state index contributed by atoms with van der Waals surface area (Å²) in [5.41, 5.74) is 5.30. The first kappa shape index (κ1) is 17.6. The Labute approximate surface area is 155 Å². The van der Waals surface area contributed by atoms with Crippen LogP contribution in [0.4, 0.5) is 5.69 Å². The van der Waals surface area contributed by atoms with E-state index in [9.17, 15) is 4.79 Å².